The highest BCUT2D eigenvalue weighted by Crippen LogP contribution is 2.06. The summed E-state index contributed by atoms with van der Waals surface area (Å²) in [6, 6.07) is 6.97. The lowest BCUT2D eigenvalue weighted by Crippen LogP contribution is -2.11. The fourth-order valence-corrected chi connectivity index (χ4v) is 1.61. The Morgan fingerprint density at radius 1 is 1.44 bits per heavy atom. The number of aromatic nitrogens is 3. The maximum Gasteiger partial charge on any atom is 0.357 e. The summed E-state index contributed by atoms with van der Waals surface area (Å²) in [7, 11) is 0. The van der Waals surface area contributed by atoms with Crippen LogP contribution in [0.5, 0.6) is 0 Å². The van der Waals surface area contributed by atoms with Crippen molar-refractivity contribution in [1.82, 2.24) is 14.8 Å². The van der Waals surface area contributed by atoms with Gasteiger partial charge in [0.25, 0.3) is 0 Å². The number of carbonyl (C=O) groups is 1. The van der Waals surface area contributed by atoms with Crippen molar-refractivity contribution in [2.24, 2.45) is 0 Å². The van der Waals surface area contributed by atoms with Gasteiger partial charge in [-0.05, 0) is 24.5 Å². The molecular weight excluding hydrogens is 250 g/mol. The average Bonchev–Trinajstić information content (AvgIpc) is 2.93. The maximum absolute atomic E-state index is 11.7. The molecule has 0 radical (unpaired) electrons. The van der Waals surface area contributed by atoms with E-state index in [9.17, 15) is 4.79 Å². The van der Waals surface area contributed by atoms with Crippen molar-refractivity contribution in [3.05, 3.63) is 42.4 Å². The smallest absolute Gasteiger partial charge is 0.357 e. The molecule has 2 aromatic rings. The van der Waals surface area contributed by atoms with E-state index >= 15 is 0 Å². The van der Waals surface area contributed by atoms with Crippen molar-refractivity contribution in [3.8, 4) is 5.82 Å². The van der Waals surface area contributed by atoms with Gasteiger partial charge < -0.3 is 4.74 Å². The number of hydrogen-bond acceptors (Lipinski definition) is 5. The topological polar surface area (TPSA) is 57.0 Å². The predicted octanol–water partition coefficient (Wildman–Crippen LogP) is 1.79. The summed E-state index contributed by atoms with van der Waals surface area (Å²) in [6.07, 6.45) is 5.39. The minimum Gasteiger partial charge on any atom is -0.460 e. The van der Waals surface area contributed by atoms with Gasteiger partial charge in [-0.2, -0.15) is 16.9 Å². The fourth-order valence-electron chi connectivity index (χ4n) is 1.36. The maximum atomic E-state index is 11.7. The third kappa shape index (κ3) is 3.10. The summed E-state index contributed by atoms with van der Waals surface area (Å²) in [5, 5.41) is 4.06. The quantitative estimate of drug-likeness (QED) is 0.608. The highest BCUT2D eigenvalue weighted by molar-refractivity contribution is 7.98. The van der Waals surface area contributed by atoms with Gasteiger partial charge in [-0.3, -0.25) is 0 Å². The molecule has 0 saturated heterocycles. The zero-order valence-corrected chi connectivity index (χ0v) is 10.8. The van der Waals surface area contributed by atoms with Crippen LogP contribution in [0.3, 0.4) is 0 Å². The van der Waals surface area contributed by atoms with Crippen LogP contribution in [0.15, 0.2) is 36.7 Å². The van der Waals surface area contributed by atoms with Crippen LogP contribution in [0.25, 0.3) is 5.82 Å². The standard InChI is InChI=1S/C12H13N3O2S/c1-18-9-8-17-12(16)10-4-2-5-11(14-10)15-7-3-6-13-15/h2-7H,8-9H2,1H3. The van der Waals surface area contributed by atoms with E-state index in [-0.39, 0.29) is 0 Å². The van der Waals surface area contributed by atoms with Crippen LogP contribution in [-0.4, -0.2) is 39.3 Å². The molecule has 0 atom stereocenters. The summed E-state index contributed by atoms with van der Waals surface area (Å²) in [4.78, 5) is 15.9. The molecule has 0 aliphatic heterocycles. The number of carbonyl (C=O) groups excluding carboxylic acids is 1. The molecule has 0 saturated carbocycles. The normalized spacial score (nSPS) is 10.3. The first kappa shape index (κ1) is 12.6. The molecule has 0 amide bonds. The molecule has 0 fully saturated rings. The van der Waals surface area contributed by atoms with E-state index in [1.165, 1.54) is 0 Å². The zero-order chi connectivity index (χ0) is 12.8. The van der Waals surface area contributed by atoms with Gasteiger partial charge in [0.15, 0.2) is 11.5 Å². The SMILES string of the molecule is CSCCOC(=O)c1cccc(-n2cccn2)n1. The highest BCUT2D eigenvalue weighted by atomic mass is 32.2. The Bertz CT molecular complexity index is 514. The molecule has 0 bridgehead atoms. The third-order valence-corrected chi connectivity index (χ3v) is 2.78. The summed E-state index contributed by atoms with van der Waals surface area (Å²) in [6.45, 7) is 0.397. The first-order valence-corrected chi connectivity index (χ1v) is 6.84. The van der Waals surface area contributed by atoms with E-state index < -0.39 is 5.97 Å². The Hall–Kier alpha value is -1.82. The third-order valence-electron chi connectivity index (χ3n) is 2.20. The molecule has 2 heterocycles. The van der Waals surface area contributed by atoms with Crippen LogP contribution in [-0.2, 0) is 4.74 Å². The van der Waals surface area contributed by atoms with Crippen LogP contribution >= 0.6 is 11.8 Å². The molecule has 0 unspecified atom stereocenters. The van der Waals surface area contributed by atoms with Crippen LogP contribution in [0.2, 0.25) is 0 Å². The second-order valence-corrected chi connectivity index (χ2v) is 4.45. The van der Waals surface area contributed by atoms with Crippen molar-refractivity contribution in [2.75, 3.05) is 18.6 Å². The lowest BCUT2D eigenvalue weighted by atomic mass is 10.3. The summed E-state index contributed by atoms with van der Waals surface area (Å²) in [5.41, 5.74) is 0.295. The molecule has 2 aromatic heterocycles. The van der Waals surface area contributed by atoms with E-state index in [0.29, 0.717) is 18.1 Å². The van der Waals surface area contributed by atoms with Gasteiger partial charge in [-0.15, -0.1) is 0 Å². The molecule has 0 aliphatic rings. The van der Waals surface area contributed by atoms with Gasteiger partial charge >= 0.3 is 5.97 Å². The molecule has 0 N–H and O–H groups in total. The first-order chi connectivity index (χ1) is 8.81. The van der Waals surface area contributed by atoms with Crippen molar-refractivity contribution in [2.45, 2.75) is 0 Å². The van der Waals surface area contributed by atoms with Gasteiger partial charge in [0.05, 0.1) is 0 Å². The van der Waals surface area contributed by atoms with Gasteiger partial charge in [0, 0.05) is 18.1 Å². The minimum atomic E-state index is -0.405. The van der Waals surface area contributed by atoms with E-state index in [1.54, 1.807) is 53.1 Å². The van der Waals surface area contributed by atoms with Crippen molar-refractivity contribution < 1.29 is 9.53 Å². The first-order valence-electron chi connectivity index (χ1n) is 5.44. The number of esters is 1. The molecule has 18 heavy (non-hydrogen) atoms. The number of pyridine rings is 1. The Balaban J connectivity index is 2.10. The van der Waals surface area contributed by atoms with E-state index in [1.807, 2.05) is 6.26 Å². The monoisotopic (exact) mass is 263 g/mol. The number of nitrogens with zero attached hydrogens (tertiary/aromatic N) is 3. The number of rotatable bonds is 5. The molecule has 6 heteroatoms. The van der Waals surface area contributed by atoms with Crippen molar-refractivity contribution in [1.29, 1.82) is 0 Å². The summed E-state index contributed by atoms with van der Waals surface area (Å²) >= 11 is 1.63. The number of thioether (sulfide) groups is 1. The largest absolute Gasteiger partial charge is 0.460 e. The van der Waals surface area contributed by atoms with E-state index in [2.05, 4.69) is 10.1 Å². The highest BCUT2D eigenvalue weighted by Gasteiger charge is 2.09. The summed E-state index contributed by atoms with van der Waals surface area (Å²) < 4.78 is 6.68. The van der Waals surface area contributed by atoms with Gasteiger partial charge in [-0.25, -0.2) is 14.5 Å². The molecule has 94 valence electrons. The molecule has 0 aromatic carbocycles. The molecule has 5 nitrogen and oxygen atoms in total. The van der Waals surface area contributed by atoms with Crippen LogP contribution in [0, 0.1) is 0 Å². The summed E-state index contributed by atoms with van der Waals surface area (Å²) in [5.74, 6) is 0.974. The van der Waals surface area contributed by atoms with Crippen molar-refractivity contribution >= 4 is 17.7 Å². The minimum absolute atomic E-state index is 0.295. The average molecular weight is 263 g/mol. The van der Waals surface area contributed by atoms with Crippen molar-refractivity contribution in [3.63, 3.8) is 0 Å². The molecular formula is C12H13N3O2S. The number of hydrogen-bond donors (Lipinski definition) is 0. The van der Waals surface area contributed by atoms with Gasteiger partial charge in [0.2, 0.25) is 0 Å². The second kappa shape index (κ2) is 6.20. The van der Waals surface area contributed by atoms with Crippen LogP contribution in [0.4, 0.5) is 0 Å². The lowest BCUT2D eigenvalue weighted by molar-refractivity contribution is 0.0523. The Morgan fingerprint density at radius 2 is 2.33 bits per heavy atom. The molecule has 0 aliphatic carbocycles. The fraction of sp³-hybridized carbons (Fsp3) is 0.250. The van der Waals surface area contributed by atoms with Gasteiger partial charge in [0.1, 0.15) is 6.61 Å². The van der Waals surface area contributed by atoms with E-state index in [4.69, 9.17) is 4.74 Å². The predicted molar refractivity (Wildman–Crippen MR) is 70.0 cm³/mol. The Labute approximate surface area is 109 Å². The molecule has 0 spiro atoms. The Kier molecular flexibility index (Phi) is 4.35. The van der Waals surface area contributed by atoms with E-state index in [0.717, 1.165) is 5.75 Å². The zero-order valence-electron chi connectivity index (χ0n) is 9.94. The van der Waals surface area contributed by atoms with Crippen LogP contribution < -0.4 is 0 Å². The second-order valence-electron chi connectivity index (χ2n) is 3.46. The lowest BCUT2D eigenvalue weighted by Gasteiger charge is -2.05. The van der Waals surface area contributed by atoms with Gasteiger partial charge in [-0.1, -0.05) is 6.07 Å². The van der Waals surface area contributed by atoms with Crippen LogP contribution in [0.1, 0.15) is 10.5 Å². The Morgan fingerprint density at radius 3 is 3.06 bits per heavy atom. The molecule has 2 rings (SSSR count). The number of ether oxygens (including phenoxy) is 1.